The Balaban J connectivity index is 1.99. The summed E-state index contributed by atoms with van der Waals surface area (Å²) in [4.78, 5) is 21.9. The van der Waals surface area contributed by atoms with Crippen LogP contribution in [-0.2, 0) is 0 Å². The van der Waals surface area contributed by atoms with E-state index in [2.05, 4.69) is 22.0 Å². The van der Waals surface area contributed by atoms with Gasteiger partial charge in [-0.05, 0) is 38.7 Å². The maximum Gasteiger partial charge on any atom is 0.262 e. The summed E-state index contributed by atoms with van der Waals surface area (Å²) in [6.45, 7) is 5.96. The summed E-state index contributed by atoms with van der Waals surface area (Å²) in [7, 11) is 0. The Bertz CT molecular complexity index is 955. The van der Waals surface area contributed by atoms with Crippen LogP contribution in [0.15, 0.2) is 17.1 Å². The molecule has 1 saturated carbocycles. The summed E-state index contributed by atoms with van der Waals surface area (Å²) < 4.78 is 3.59. The third kappa shape index (κ3) is 2.16. The van der Waals surface area contributed by atoms with Crippen LogP contribution in [0.4, 0.5) is 0 Å². The minimum atomic E-state index is 0.0429. The second-order valence-corrected chi connectivity index (χ2v) is 6.69. The lowest BCUT2D eigenvalue weighted by Gasteiger charge is -2.30. The van der Waals surface area contributed by atoms with Crippen molar-refractivity contribution in [1.82, 2.24) is 24.1 Å². The van der Waals surface area contributed by atoms with E-state index in [9.17, 15) is 4.79 Å². The van der Waals surface area contributed by atoms with E-state index in [4.69, 9.17) is 0 Å². The molecule has 23 heavy (non-hydrogen) atoms. The first-order valence-corrected chi connectivity index (χ1v) is 8.31. The van der Waals surface area contributed by atoms with Gasteiger partial charge in [0.2, 0.25) is 0 Å². The molecule has 0 aromatic carbocycles. The van der Waals surface area contributed by atoms with Gasteiger partial charge in [-0.15, -0.1) is 5.10 Å². The first-order valence-electron chi connectivity index (χ1n) is 8.31. The Morgan fingerprint density at radius 3 is 2.74 bits per heavy atom. The number of aromatic nitrogens is 5. The fourth-order valence-corrected chi connectivity index (χ4v) is 3.87. The molecule has 0 aliphatic heterocycles. The van der Waals surface area contributed by atoms with E-state index >= 15 is 0 Å². The van der Waals surface area contributed by atoms with Crippen LogP contribution >= 0.6 is 0 Å². The molecule has 3 aromatic heterocycles. The molecule has 0 radical (unpaired) electrons. The molecule has 0 saturated heterocycles. The van der Waals surface area contributed by atoms with Crippen LogP contribution < -0.4 is 5.56 Å². The number of fused-ring (bicyclic) bond motifs is 3. The number of aryl methyl sites for hydroxylation is 2. The maximum atomic E-state index is 13.1. The molecule has 4 rings (SSSR count). The number of pyridine rings is 1. The molecule has 0 N–H and O–H groups in total. The van der Waals surface area contributed by atoms with Crippen molar-refractivity contribution >= 4 is 16.7 Å². The lowest BCUT2D eigenvalue weighted by Crippen LogP contribution is -2.31. The fourth-order valence-electron chi connectivity index (χ4n) is 3.87. The highest BCUT2D eigenvalue weighted by Gasteiger charge is 2.25. The third-order valence-electron chi connectivity index (χ3n) is 5.07. The minimum Gasteiger partial charge on any atom is -0.311 e. The molecular weight excluding hydrogens is 290 g/mol. The highest BCUT2D eigenvalue weighted by molar-refractivity contribution is 5.81. The lowest BCUT2D eigenvalue weighted by atomic mass is 9.85. The Labute approximate surface area is 134 Å². The first kappa shape index (κ1) is 14.4. The quantitative estimate of drug-likeness (QED) is 0.693. The topological polar surface area (TPSA) is 65.1 Å². The van der Waals surface area contributed by atoms with Crippen LogP contribution in [0.2, 0.25) is 0 Å². The normalized spacial score (nSPS) is 22.0. The summed E-state index contributed by atoms with van der Waals surface area (Å²) in [5.41, 5.74) is 1.56. The second kappa shape index (κ2) is 5.15. The van der Waals surface area contributed by atoms with E-state index in [0.29, 0.717) is 22.9 Å². The molecule has 0 spiro atoms. The molecule has 1 aliphatic rings. The Morgan fingerprint density at radius 1 is 1.17 bits per heavy atom. The highest BCUT2D eigenvalue weighted by Crippen LogP contribution is 2.32. The number of hydrogen-bond donors (Lipinski definition) is 0. The van der Waals surface area contributed by atoms with E-state index in [0.717, 1.165) is 17.6 Å². The van der Waals surface area contributed by atoms with E-state index in [-0.39, 0.29) is 11.6 Å². The van der Waals surface area contributed by atoms with Gasteiger partial charge >= 0.3 is 0 Å². The standard InChI is InChI=1S/C17H21N5O/c1-10-6-4-5-7-13(10)21-9-8-14-15(16(21)23)11(2)18-17-19-12(3)20-22(14)17/h8-10,13H,4-7H2,1-3H3. The third-order valence-corrected chi connectivity index (χ3v) is 5.07. The molecule has 2 atom stereocenters. The minimum absolute atomic E-state index is 0.0429. The van der Waals surface area contributed by atoms with Gasteiger partial charge in [0.05, 0.1) is 16.6 Å². The van der Waals surface area contributed by atoms with Crippen LogP contribution in [0, 0.1) is 19.8 Å². The van der Waals surface area contributed by atoms with Gasteiger partial charge in [-0.2, -0.15) is 9.50 Å². The Hall–Kier alpha value is -2.24. The van der Waals surface area contributed by atoms with Crippen LogP contribution in [0.1, 0.15) is 50.2 Å². The zero-order valence-corrected chi connectivity index (χ0v) is 13.8. The van der Waals surface area contributed by atoms with Crippen molar-refractivity contribution in [2.45, 2.75) is 52.5 Å². The SMILES string of the molecule is Cc1nc2nc(C)c3c(=O)n(C4CCCCC4C)ccc3n2n1. The van der Waals surface area contributed by atoms with Crippen molar-refractivity contribution in [3.8, 4) is 0 Å². The number of rotatable bonds is 1. The molecule has 1 fully saturated rings. The van der Waals surface area contributed by atoms with Crippen molar-refractivity contribution in [3.63, 3.8) is 0 Å². The van der Waals surface area contributed by atoms with E-state index in [1.807, 2.05) is 30.7 Å². The smallest absolute Gasteiger partial charge is 0.262 e. The van der Waals surface area contributed by atoms with E-state index < -0.39 is 0 Å². The molecule has 1 aliphatic carbocycles. The van der Waals surface area contributed by atoms with Gasteiger partial charge in [-0.3, -0.25) is 4.79 Å². The number of hydrogen-bond acceptors (Lipinski definition) is 4. The van der Waals surface area contributed by atoms with Gasteiger partial charge in [-0.25, -0.2) is 4.98 Å². The molecule has 0 bridgehead atoms. The molecule has 120 valence electrons. The first-order chi connectivity index (χ1) is 11.1. The van der Waals surface area contributed by atoms with Gasteiger partial charge in [0, 0.05) is 12.2 Å². The molecule has 3 aromatic rings. The zero-order chi connectivity index (χ0) is 16.1. The number of nitrogens with zero attached hydrogens (tertiary/aromatic N) is 5. The van der Waals surface area contributed by atoms with E-state index in [1.165, 1.54) is 19.3 Å². The summed E-state index contributed by atoms with van der Waals surface area (Å²) in [5.74, 6) is 1.75. The summed E-state index contributed by atoms with van der Waals surface area (Å²) in [6.07, 6.45) is 6.64. The largest absolute Gasteiger partial charge is 0.311 e. The summed E-state index contributed by atoms with van der Waals surface area (Å²) >= 11 is 0. The van der Waals surface area contributed by atoms with Gasteiger partial charge in [0.25, 0.3) is 11.3 Å². The van der Waals surface area contributed by atoms with Crippen molar-refractivity contribution in [3.05, 3.63) is 34.1 Å². The zero-order valence-electron chi connectivity index (χ0n) is 13.8. The average molecular weight is 311 g/mol. The summed E-state index contributed by atoms with van der Waals surface area (Å²) in [5, 5.41) is 5.03. The lowest BCUT2D eigenvalue weighted by molar-refractivity contribution is 0.253. The monoisotopic (exact) mass is 311 g/mol. The molecule has 6 nitrogen and oxygen atoms in total. The van der Waals surface area contributed by atoms with Crippen molar-refractivity contribution in [2.75, 3.05) is 0 Å². The molecule has 3 heterocycles. The van der Waals surface area contributed by atoms with Gasteiger partial charge in [0.15, 0.2) is 0 Å². The highest BCUT2D eigenvalue weighted by atomic mass is 16.1. The van der Waals surface area contributed by atoms with E-state index in [1.54, 1.807) is 4.52 Å². The van der Waals surface area contributed by atoms with Crippen LogP contribution in [0.5, 0.6) is 0 Å². The Kier molecular flexibility index (Phi) is 3.21. The van der Waals surface area contributed by atoms with Gasteiger partial charge in [0.1, 0.15) is 5.82 Å². The molecular formula is C17H21N5O. The van der Waals surface area contributed by atoms with Crippen LogP contribution in [0.3, 0.4) is 0 Å². The van der Waals surface area contributed by atoms with Crippen molar-refractivity contribution in [1.29, 1.82) is 0 Å². The summed E-state index contributed by atoms with van der Waals surface area (Å²) in [6, 6.07) is 2.27. The van der Waals surface area contributed by atoms with Gasteiger partial charge in [-0.1, -0.05) is 19.8 Å². The fraction of sp³-hybridized carbons (Fsp3) is 0.529. The molecule has 6 heteroatoms. The Morgan fingerprint density at radius 2 is 1.96 bits per heavy atom. The van der Waals surface area contributed by atoms with Crippen LogP contribution in [-0.4, -0.2) is 24.1 Å². The molecule has 0 amide bonds. The predicted octanol–water partition coefficient (Wildman–Crippen LogP) is 2.81. The second-order valence-electron chi connectivity index (χ2n) is 6.69. The van der Waals surface area contributed by atoms with Crippen LogP contribution in [0.25, 0.3) is 16.7 Å². The van der Waals surface area contributed by atoms with Crippen molar-refractivity contribution in [2.24, 2.45) is 5.92 Å². The molecule has 2 unspecified atom stereocenters. The maximum absolute atomic E-state index is 13.1. The average Bonchev–Trinajstić information content (AvgIpc) is 2.88. The predicted molar refractivity (Wildman–Crippen MR) is 88.7 cm³/mol. The van der Waals surface area contributed by atoms with Gasteiger partial charge < -0.3 is 4.57 Å². The van der Waals surface area contributed by atoms with Crippen molar-refractivity contribution < 1.29 is 0 Å².